The van der Waals surface area contributed by atoms with Crippen LogP contribution in [-0.2, 0) is 4.74 Å². The molecular formula is C18H23NO. The van der Waals surface area contributed by atoms with Gasteiger partial charge in [0.2, 0.25) is 0 Å². The first kappa shape index (κ1) is 13.4. The third-order valence-corrected chi connectivity index (χ3v) is 4.36. The fourth-order valence-corrected chi connectivity index (χ4v) is 3.34. The number of anilines is 1. The zero-order valence-electron chi connectivity index (χ0n) is 12.2. The van der Waals surface area contributed by atoms with E-state index in [1.54, 1.807) is 5.57 Å². The number of para-hydroxylation sites is 1. The smallest absolute Gasteiger partial charge is 0.0742 e. The van der Waals surface area contributed by atoms with E-state index in [0.717, 1.165) is 19.8 Å². The van der Waals surface area contributed by atoms with Crippen LogP contribution in [0.3, 0.4) is 0 Å². The molecule has 0 amide bonds. The van der Waals surface area contributed by atoms with Crippen molar-refractivity contribution in [3.8, 4) is 0 Å². The van der Waals surface area contributed by atoms with Gasteiger partial charge >= 0.3 is 0 Å². The molecule has 2 unspecified atom stereocenters. The van der Waals surface area contributed by atoms with Crippen LogP contribution >= 0.6 is 0 Å². The number of rotatable bonds is 4. The monoisotopic (exact) mass is 269 g/mol. The molecular weight excluding hydrogens is 246 g/mol. The lowest BCUT2D eigenvalue weighted by atomic mass is 9.80. The van der Waals surface area contributed by atoms with Crippen LogP contribution in [-0.4, -0.2) is 25.8 Å². The van der Waals surface area contributed by atoms with Crippen molar-refractivity contribution in [3.05, 3.63) is 54.1 Å². The van der Waals surface area contributed by atoms with E-state index in [9.17, 15) is 0 Å². The standard InChI is InChI=1S/C18H23NO/c1-2-20-14-18-17-11-7-6-8-15(17)12-13-19(18)16-9-4-3-5-10-16/h3-7,9-11,15,18H,2,8,12-14H2,1H3. The number of nitrogens with zero attached hydrogens (tertiary/aromatic N) is 1. The third kappa shape index (κ3) is 2.66. The van der Waals surface area contributed by atoms with E-state index in [-0.39, 0.29) is 0 Å². The van der Waals surface area contributed by atoms with Crippen LogP contribution in [0.2, 0.25) is 0 Å². The summed E-state index contributed by atoms with van der Waals surface area (Å²) >= 11 is 0. The third-order valence-electron chi connectivity index (χ3n) is 4.36. The second-order valence-corrected chi connectivity index (χ2v) is 5.52. The SMILES string of the molecule is CCOCC1C2=CC=CCC2CCN1c1ccccc1. The maximum Gasteiger partial charge on any atom is 0.0742 e. The maximum absolute atomic E-state index is 5.77. The largest absolute Gasteiger partial charge is 0.379 e. The van der Waals surface area contributed by atoms with E-state index < -0.39 is 0 Å². The molecule has 1 heterocycles. The predicted octanol–water partition coefficient (Wildman–Crippen LogP) is 3.80. The molecule has 0 radical (unpaired) electrons. The highest BCUT2D eigenvalue weighted by Gasteiger charge is 2.33. The summed E-state index contributed by atoms with van der Waals surface area (Å²) in [5.41, 5.74) is 2.86. The van der Waals surface area contributed by atoms with Crippen molar-refractivity contribution in [2.45, 2.75) is 25.8 Å². The van der Waals surface area contributed by atoms with Gasteiger partial charge in [-0.25, -0.2) is 0 Å². The lowest BCUT2D eigenvalue weighted by Crippen LogP contribution is -2.47. The van der Waals surface area contributed by atoms with Gasteiger partial charge < -0.3 is 9.64 Å². The zero-order valence-corrected chi connectivity index (χ0v) is 12.2. The molecule has 0 bridgehead atoms. The molecule has 3 rings (SSSR count). The molecule has 1 aliphatic heterocycles. The molecule has 0 saturated carbocycles. The van der Waals surface area contributed by atoms with Crippen molar-refractivity contribution in [1.82, 2.24) is 0 Å². The van der Waals surface area contributed by atoms with Gasteiger partial charge in [-0.2, -0.15) is 0 Å². The van der Waals surface area contributed by atoms with E-state index in [2.05, 4.69) is 60.4 Å². The molecule has 2 nitrogen and oxygen atoms in total. The molecule has 0 N–H and O–H groups in total. The van der Waals surface area contributed by atoms with Crippen molar-refractivity contribution in [1.29, 1.82) is 0 Å². The second-order valence-electron chi connectivity index (χ2n) is 5.52. The van der Waals surface area contributed by atoms with Gasteiger partial charge in [0.15, 0.2) is 0 Å². The quantitative estimate of drug-likeness (QED) is 0.824. The van der Waals surface area contributed by atoms with Crippen molar-refractivity contribution >= 4 is 5.69 Å². The highest BCUT2D eigenvalue weighted by Crippen LogP contribution is 2.36. The summed E-state index contributed by atoms with van der Waals surface area (Å²) in [5.74, 6) is 0.713. The lowest BCUT2D eigenvalue weighted by Gasteiger charge is -2.43. The minimum atomic E-state index is 0.390. The number of allylic oxidation sites excluding steroid dienone is 3. The summed E-state index contributed by atoms with van der Waals surface area (Å²) in [7, 11) is 0. The number of benzene rings is 1. The van der Waals surface area contributed by atoms with Gasteiger partial charge in [0.05, 0.1) is 12.6 Å². The number of fused-ring (bicyclic) bond motifs is 1. The Kier molecular flexibility index (Phi) is 4.22. The van der Waals surface area contributed by atoms with Gasteiger partial charge in [-0.15, -0.1) is 0 Å². The first-order chi connectivity index (χ1) is 9.90. The van der Waals surface area contributed by atoms with Gasteiger partial charge in [0.25, 0.3) is 0 Å². The fraction of sp³-hybridized carbons (Fsp3) is 0.444. The van der Waals surface area contributed by atoms with Gasteiger partial charge in [0, 0.05) is 18.8 Å². The van der Waals surface area contributed by atoms with Gasteiger partial charge in [-0.05, 0) is 43.4 Å². The van der Waals surface area contributed by atoms with E-state index in [4.69, 9.17) is 4.74 Å². The minimum Gasteiger partial charge on any atom is -0.379 e. The fourth-order valence-electron chi connectivity index (χ4n) is 3.34. The van der Waals surface area contributed by atoms with E-state index >= 15 is 0 Å². The predicted molar refractivity (Wildman–Crippen MR) is 84.0 cm³/mol. The molecule has 106 valence electrons. The van der Waals surface area contributed by atoms with Crippen LogP contribution in [0.25, 0.3) is 0 Å². The number of hydrogen-bond donors (Lipinski definition) is 0. The first-order valence-corrected chi connectivity index (χ1v) is 7.66. The molecule has 2 aliphatic rings. The highest BCUT2D eigenvalue weighted by atomic mass is 16.5. The highest BCUT2D eigenvalue weighted by molar-refractivity contribution is 5.51. The Labute approximate surface area is 121 Å². The number of ether oxygens (including phenoxy) is 1. The molecule has 0 aromatic heterocycles. The average molecular weight is 269 g/mol. The minimum absolute atomic E-state index is 0.390. The van der Waals surface area contributed by atoms with Gasteiger partial charge in [-0.1, -0.05) is 36.4 Å². The second kappa shape index (κ2) is 6.27. The van der Waals surface area contributed by atoms with Crippen LogP contribution in [0.5, 0.6) is 0 Å². The molecule has 1 fully saturated rings. The normalized spacial score (nSPS) is 25.2. The van der Waals surface area contributed by atoms with Gasteiger partial charge in [0.1, 0.15) is 0 Å². The van der Waals surface area contributed by atoms with Crippen molar-refractivity contribution in [3.63, 3.8) is 0 Å². The summed E-state index contributed by atoms with van der Waals surface area (Å²) < 4.78 is 5.77. The summed E-state index contributed by atoms with van der Waals surface area (Å²) in [6, 6.07) is 11.1. The molecule has 1 aliphatic carbocycles. The Morgan fingerprint density at radius 2 is 2.10 bits per heavy atom. The lowest BCUT2D eigenvalue weighted by molar-refractivity contribution is 0.131. The first-order valence-electron chi connectivity index (χ1n) is 7.66. The van der Waals surface area contributed by atoms with Crippen molar-refractivity contribution in [2.75, 3.05) is 24.7 Å². The Hall–Kier alpha value is -1.54. The van der Waals surface area contributed by atoms with Crippen LogP contribution in [0, 0.1) is 5.92 Å². The van der Waals surface area contributed by atoms with E-state index in [0.29, 0.717) is 12.0 Å². The van der Waals surface area contributed by atoms with Crippen LogP contribution in [0.4, 0.5) is 5.69 Å². The topological polar surface area (TPSA) is 12.5 Å². The molecule has 20 heavy (non-hydrogen) atoms. The van der Waals surface area contributed by atoms with Crippen molar-refractivity contribution in [2.24, 2.45) is 5.92 Å². The van der Waals surface area contributed by atoms with Crippen molar-refractivity contribution < 1.29 is 4.74 Å². The van der Waals surface area contributed by atoms with Crippen LogP contribution < -0.4 is 4.90 Å². The zero-order chi connectivity index (χ0) is 13.8. The Bertz CT molecular complexity index is 491. The van der Waals surface area contributed by atoms with E-state index in [1.165, 1.54) is 18.5 Å². The molecule has 1 aromatic rings. The summed E-state index contributed by atoms with van der Waals surface area (Å²) in [4.78, 5) is 2.51. The number of piperidine rings is 1. The van der Waals surface area contributed by atoms with E-state index in [1.807, 2.05) is 0 Å². The average Bonchev–Trinajstić information content (AvgIpc) is 2.53. The van der Waals surface area contributed by atoms with Gasteiger partial charge in [-0.3, -0.25) is 0 Å². The Balaban J connectivity index is 1.88. The Morgan fingerprint density at radius 1 is 1.25 bits per heavy atom. The van der Waals surface area contributed by atoms with Crippen LogP contribution in [0.15, 0.2) is 54.1 Å². The molecule has 2 atom stereocenters. The molecule has 0 spiro atoms. The molecule has 2 heteroatoms. The summed E-state index contributed by atoms with van der Waals surface area (Å²) in [6.07, 6.45) is 9.25. The molecule has 1 aromatic carbocycles. The maximum atomic E-state index is 5.77. The molecule has 1 saturated heterocycles. The number of hydrogen-bond acceptors (Lipinski definition) is 2. The Morgan fingerprint density at radius 3 is 2.90 bits per heavy atom. The van der Waals surface area contributed by atoms with Crippen LogP contribution in [0.1, 0.15) is 19.8 Å². The summed E-state index contributed by atoms with van der Waals surface area (Å²) in [6.45, 7) is 4.77. The summed E-state index contributed by atoms with van der Waals surface area (Å²) in [5, 5.41) is 0.